The predicted octanol–water partition coefficient (Wildman–Crippen LogP) is 4.80. The predicted molar refractivity (Wildman–Crippen MR) is 139 cm³/mol. The van der Waals surface area contributed by atoms with Crippen molar-refractivity contribution in [2.75, 3.05) is 19.6 Å². The smallest absolute Gasteiger partial charge is 0.240 e. The summed E-state index contributed by atoms with van der Waals surface area (Å²) in [5.41, 5.74) is 7.08. The van der Waals surface area contributed by atoms with Crippen LogP contribution in [0.25, 0.3) is 10.9 Å². The summed E-state index contributed by atoms with van der Waals surface area (Å²) in [5, 5.41) is 0.845. The van der Waals surface area contributed by atoms with Gasteiger partial charge in [-0.15, -0.1) is 0 Å². The highest BCUT2D eigenvalue weighted by molar-refractivity contribution is 7.89. The summed E-state index contributed by atoms with van der Waals surface area (Å²) in [6, 6.07) is 10.2. The van der Waals surface area contributed by atoms with E-state index in [1.807, 2.05) is 13.0 Å². The van der Waals surface area contributed by atoms with Crippen molar-refractivity contribution in [3.63, 3.8) is 0 Å². The van der Waals surface area contributed by atoms with Gasteiger partial charge in [-0.2, -0.15) is 0 Å². The number of fused-ring (bicyclic) bond motifs is 3. The van der Waals surface area contributed by atoms with Gasteiger partial charge in [0, 0.05) is 41.7 Å². The van der Waals surface area contributed by atoms with Gasteiger partial charge in [0.25, 0.3) is 0 Å². The number of likely N-dealkylation sites (tertiary alicyclic amines) is 1. The summed E-state index contributed by atoms with van der Waals surface area (Å²) >= 11 is 0. The van der Waals surface area contributed by atoms with E-state index in [1.54, 1.807) is 6.07 Å². The average molecular weight is 494 g/mol. The van der Waals surface area contributed by atoms with Crippen molar-refractivity contribution in [2.45, 2.75) is 64.3 Å². The van der Waals surface area contributed by atoms with Crippen molar-refractivity contribution in [3.8, 4) is 0 Å². The first-order valence-corrected chi connectivity index (χ1v) is 14.2. The number of hydrogen-bond acceptors (Lipinski definition) is 4. The fourth-order valence-electron chi connectivity index (χ4n) is 5.60. The molecule has 0 radical (unpaired) electrons. The number of H-pyrrole nitrogens is 1. The Hall–Kier alpha value is -2.48. The van der Waals surface area contributed by atoms with Gasteiger partial charge < -0.3 is 4.98 Å². The number of nitrogens with one attached hydrogen (secondary N) is 2. The number of ketones is 1. The zero-order valence-electron chi connectivity index (χ0n) is 20.9. The lowest BCUT2D eigenvalue weighted by atomic mass is 9.94. The van der Waals surface area contributed by atoms with E-state index in [1.165, 1.54) is 16.7 Å². The lowest BCUT2D eigenvalue weighted by molar-refractivity contribution is 0.0974. The molecule has 0 spiro atoms. The molecule has 1 aliphatic heterocycles. The Morgan fingerprint density at radius 2 is 1.80 bits per heavy atom. The van der Waals surface area contributed by atoms with E-state index in [9.17, 15) is 13.2 Å². The highest BCUT2D eigenvalue weighted by Gasteiger charge is 2.26. The minimum atomic E-state index is -3.64. The van der Waals surface area contributed by atoms with Crippen LogP contribution in [0.3, 0.4) is 0 Å². The summed E-state index contributed by atoms with van der Waals surface area (Å²) in [5.74, 6) is 0.480. The molecule has 6 nitrogen and oxygen atoms in total. The molecule has 0 amide bonds. The van der Waals surface area contributed by atoms with Crippen LogP contribution in [0.15, 0.2) is 35.2 Å². The van der Waals surface area contributed by atoms with E-state index >= 15 is 0 Å². The maximum absolute atomic E-state index is 13.2. The molecule has 2 aliphatic rings. The fourth-order valence-corrected chi connectivity index (χ4v) is 6.96. The zero-order chi connectivity index (χ0) is 24.7. The molecule has 3 aromatic rings. The zero-order valence-corrected chi connectivity index (χ0v) is 21.7. The first-order chi connectivity index (χ1) is 16.7. The van der Waals surface area contributed by atoms with Crippen molar-refractivity contribution in [3.05, 3.63) is 63.8 Å². The highest BCUT2D eigenvalue weighted by atomic mass is 32.2. The Kier molecular flexibility index (Phi) is 6.59. The molecule has 2 aromatic carbocycles. The topological polar surface area (TPSA) is 82.3 Å². The van der Waals surface area contributed by atoms with Crippen LogP contribution in [-0.2, 0) is 23.0 Å². The fraction of sp³-hybridized carbons (Fsp3) is 0.464. The van der Waals surface area contributed by atoms with Gasteiger partial charge in [-0.3, -0.25) is 9.69 Å². The molecular formula is C28H35N3O3S. The van der Waals surface area contributed by atoms with Crippen LogP contribution in [-0.4, -0.2) is 43.7 Å². The maximum Gasteiger partial charge on any atom is 0.240 e. The summed E-state index contributed by atoms with van der Waals surface area (Å²) < 4.78 is 29.3. The lowest BCUT2D eigenvalue weighted by Crippen LogP contribution is -2.38. The molecule has 0 saturated carbocycles. The number of hydrogen-bond donors (Lipinski definition) is 2. The van der Waals surface area contributed by atoms with E-state index in [0.717, 1.165) is 67.5 Å². The maximum atomic E-state index is 13.2. The largest absolute Gasteiger partial charge is 0.358 e. The van der Waals surface area contributed by atoms with Crippen LogP contribution in [0.1, 0.15) is 64.0 Å². The van der Waals surface area contributed by atoms with Crippen LogP contribution in [0, 0.1) is 26.7 Å². The third kappa shape index (κ3) is 4.95. The van der Waals surface area contributed by atoms with Crippen LogP contribution < -0.4 is 4.72 Å². The lowest BCUT2D eigenvalue weighted by Gasteiger charge is -2.32. The second kappa shape index (κ2) is 9.52. The molecule has 1 saturated heterocycles. The normalized spacial score (nSPS) is 17.7. The minimum absolute atomic E-state index is 0.148. The first-order valence-electron chi connectivity index (χ1n) is 12.7. The molecule has 0 bridgehead atoms. The molecule has 1 fully saturated rings. The molecule has 5 rings (SSSR count). The van der Waals surface area contributed by atoms with E-state index < -0.39 is 10.0 Å². The standard InChI is InChI=1S/C28H35N3O3S/c1-18-7-8-19(2)22(13-18)17-31-11-9-21(10-12-31)16-29-35(33,34)27-15-25-23(14-20(27)3)28-24(30-25)5-4-6-26(28)32/h7-8,13-15,21,29-30H,4-6,9-12,16-17H2,1-3H3. The van der Waals surface area contributed by atoms with Crippen LogP contribution in [0.2, 0.25) is 0 Å². The van der Waals surface area contributed by atoms with Crippen LogP contribution in [0.4, 0.5) is 0 Å². The Bertz CT molecular complexity index is 1380. The molecule has 1 aromatic heterocycles. The number of carbonyl (C=O) groups excluding carboxylic acids is 1. The van der Waals surface area contributed by atoms with Gasteiger partial charge >= 0.3 is 0 Å². The number of rotatable bonds is 6. The summed E-state index contributed by atoms with van der Waals surface area (Å²) in [6.07, 6.45) is 4.20. The number of benzene rings is 2. The second-order valence-electron chi connectivity index (χ2n) is 10.4. The minimum Gasteiger partial charge on any atom is -0.358 e. The molecule has 186 valence electrons. The molecule has 1 aliphatic carbocycles. The van der Waals surface area contributed by atoms with Gasteiger partial charge in [-0.1, -0.05) is 23.8 Å². The summed E-state index contributed by atoms with van der Waals surface area (Å²) in [6.45, 7) is 9.47. The third-order valence-electron chi connectivity index (χ3n) is 7.74. The first kappa shape index (κ1) is 24.2. The van der Waals surface area contributed by atoms with Gasteiger partial charge in [-0.25, -0.2) is 13.1 Å². The van der Waals surface area contributed by atoms with Crippen LogP contribution >= 0.6 is 0 Å². The van der Waals surface area contributed by atoms with Crippen molar-refractivity contribution in [1.82, 2.24) is 14.6 Å². The SMILES string of the molecule is Cc1ccc(C)c(CN2CCC(CNS(=O)(=O)c3cc4[nH]c5c(c4cc3C)C(=O)CCC5)CC2)c1. The number of aromatic amines is 1. The molecule has 7 heteroatoms. The number of nitrogens with zero attached hydrogens (tertiary/aromatic N) is 1. The number of aryl methyl sites for hydroxylation is 4. The van der Waals surface area contributed by atoms with Crippen LogP contribution in [0.5, 0.6) is 0 Å². The Morgan fingerprint density at radius 1 is 1.03 bits per heavy atom. The van der Waals surface area contributed by atoms with Crippen molar-refractivity contribution < 1.29 is 13.2 Å². The number of aromatic nitrogens is 1. The van der Waals surface area contributed by atoms with Crippen molar-refractivity contribution >= 4 is 26.7 Å². The van der Waals surface area contributed by atoms with Gasteiger partial charge in [0.1, 0.15) is 0 Å². The number of piperidine rings is 1. The summed E-state index contributed by atoms with van der Waals surface area (Å²) in [7, 11) is -3.64. The highest BCUT2D eigenvalue weighted by Crippen LogP contribution is 2.32. The van der Waals surface area contributed by atoms with E-state index in [4.69, 9.17) is 0 Å². The molecular weight excluding hydrogens is 458 g/mol. The monoisotopic (exact) mass is 493 g/mol. The van der Waals surface area contributed by atoms with E-state index in [0.29, 0.717) is 29.3 Å². The van der Waals surface area contributed by atoms with Gasteiger partial charge in [0.15, 0.2) is 5.78 Å². The average Bonchev–Trinajstić information content (AvgIpc) is 3.19. The molecule has 0 unspecified atom stereocenters. The quantitative estimate of drug-likeness (QED) is 0.517. The number of Topliss-reactive ketones (excluding diaryl/α,β-unsaturated/α-hetero) is 1. The van der Waals surface area contributed by atoms with Crippen molar-refractivity contribution in [1.29, 1.82) is 0 Å². The Labute approximate surface area is 208 Å². The molecule has 0 atom stereocenters. The van der Waals surface area contributed by atoms with Gasteiger partial charge in [0.05, 0.1) is 4.90 Å². The van der Waals surface area contributed by atoms with Gasteiger partial charge in [-0.05, 0) is 94.3 Å². The van der Waals surface area contributed by atoms with E-state index in [2.05, 4.69) is 46.7 Å². The second-order valence-corrected chi connectivity index (χ2v) is 12.2. The van der Waals surface area contributed by atoms with Gasteiger partial charge in [0.2, 0.25) is 10.0 Å². The summed E-state index contributed by atoms with van der Waals surface area (Å²) in [4.78, 5) is 18.5. The molecule has 2 N–H and O–H groups in total. The third-order valence-corrected chi connectivity index (χ3v) is 9.30. The Balaban J connectivity index is 1.23. The van der Waals surface area contributed by atoms with Crippen molar-refractivity contribution in [2.24, 2.45) is 5.92 Å². The Morgan fingerprint density at radius 3 is 2.57 bits per heavy atom. The van der Waals surface area contributed by atoms with E-state index in [-0.39, 0.29) is 5.78 Å². The molecule has 35 heavy (non-hydrogen) atoms. The molecule has 2 heterocycles. The number of carbonyl (C=O) groups is 1. The number of sulfonamides is 1.